The van der Waals surface area contributed by atoms with Crippen molar-refractivity contribution in [3.63, 3.8) is 0 Å². The normalized spacial score (nSPS) is 12.2. The molecule has 0 saturated carbocycles. The Morgan fingerprint density at radius 3 is 1.72 bits per heavy atom. The van der Waals surface area contributed by atoms with Crippen molar-refractivity contribution in [2.75, 3.05) is 9.80 Å². The van der Waals surface area contributed by atoms with E-state index in [2.05, 4.69) is 143 Å². The van der Waals surface area contributed by atoms with Gasteiger partial charge in [0.2, 0.25) is 0 Å². The lowest BCUT2D eigenvalue weighted by molar-refractivity contribution is 1.18. The number of fused-ring (bicyclic) bond motifs is 5. The Labute approximate surface area is 384 Å². The second-order valence-corrected chi connectivity index (χ2v) is 16.2. The van der Waals surface area contributed by atoms with Crippen molar-refractivity contribution in [3.8, 4) is 27.9 Å². The molecule has 3 heteroatoms. The largest absolute Gasteiger partial charge is 0.310 e. The average Bonchev–Trinajstić information content (AvgIpc) is 3.74. The van der Waals surface area contributed by atoms with Crippen LogP contribution in [-0.4, -0.2) is 4.57 Å². The zero-order valence-corrected chi connectivity index (χ0v) is 35.4. The van der Waals surface area contributed by atoms with E-state index in [-0.39, 0.29) is 35.4 Å². The summed E-state index contributed by atoms with van der Waals surface area (Å²) in [7, 11) is 0. The van der Waals surface area contributed by atoms with Crippen molar-refractivity contribution < 1.29 is 5.48 Å². The summed E-state index contributed by atoms with van der Waals surface area (Å²) in [6.07, 6.45) is 0. The summed E-state index contributed by atoms with van der Waals surface area (Å²) in [5, 5.41) is 6.16. The van der Waals surface area contributed by atoms with E-state index in [9.17, 15) is 5.48 Å². The van der Waals surface area contributed by atoms with E-state index < -0.39 is 0 Å². The Morgan fingerprint density at radius 2 is 0.892 bits per heavy atom. The molecule has 1 heterocycles. The van der Waals surface area contributed by atoms with E-state index in [4.69, 9.17) is 0 Å². The van der Waals surface area contributed by atoms with Crippen molar-refractivity contribution in [1.82, 2.24) is 4.57 Å². The Kier molecular flexibility index (Phi) is 8.47. The van der Waals surface area contributed by atoms with Gasteiger partial charge in [-0.3, -0.25) is 0 Å². The van der Waals surface area contributed by atoms with Gasteiger partial charge in [-0.25, -0.2) is 0 Å². The van der Waals surface area contributed by atoms with Crippen LogP contribution in [0.25, 0.3) is 71.3 Å². The van der Waals surface area contributed by atoms with Gasteiger partial charge in [-0.1, -0.05) is 170 Å². The molecule has 0 bridgehead atoms. The van der Waals surface area contributed by atoms with E-state index in [1.807, 2.05) is 108 Å². The lowest BCUT2D eigenvalue weighted by Gasteiger charge is -2.28. The Morgan fingerprint density at radius 1 is 0.308 bits per heavy atom. The van der Waals surface area contributed by atoms with Crippen molar-refractivity contribution in [1.29, 1.82) is 0 Å². The molecule has 0 radical (unpaired) electrons. The first-order valence-corrected chi connectivity index (χ1v) is 21.9. The molecule has 0 spiro atoms. The molecule has 0 atom stereocenters. The van der Waals surface area contributed by atoms with Gasteiger partial charge in [0.15, 0.2) is 0 Å². The van der Waals surface area contributed by atoms with Crippen molar-refractivity contribution in [2.24, 2.45) is 0 Å². The topological polar surface area (TPSA) is 11.4 Å². The van der Waals surface area contributed by atoms with Crippen LogP contribution in [0.15, 0.2) is 261 Å². The summed E-state index contributed by atoms with van der Waals surface area (Å²) in [5.41, 5.74) is 11.2. The highest BCUT2D eigenvalue weighted by molar-refractivity contribution is 6.11. The summed E-state index contributed by atoms with van der Waals surface area (Å²) in [4.78, 5) is 4.19. The van der Waals surface area contributed by atoms with Gasteiger partial charge in [0.1, 0.15) is 0 Å². The second-order valence-electron chi connectivity index (χ2n) is 16.2. The van der Waals surface area contributed by atoms with Gasteiger partial charge in [0, 0.05) is 50.2 Å². The molecule has 0 aliphatic carbocycles. The summed E-state index contributed by atoms with van der Waals surface area (Å²) >= 11 is 0. The number of aromatic nitrogens is 1. The third-order valence-corrected chi connectivity index (χ3v) is 12.4. The van der Waals surface area contributed by atoms with Crippen molar-refractivity contribution in [2.45, 2.75) is 0 Å². The molecule has 0 aliphatic heterocycles. The van der Waals surface area contributed by atoms with Crippen molar-refractivity contribution >= 4 is 77.5 Å². The zero-order valence-electron chi connectivity index (χ0n) is 39.4. The average molecular weight is 834 g/mol. The molecular weight excluding hydrogens is 787 g/mol. The smallest absolute Gasteiger partial charge is 0.0645 e. The summed E-state index contributed by atoms with van der Waals surface area (Å²) in [6, 6.07) is 80.4. The third-order valence-electron chi connectivity index (χ3n) is 12.4. The molecule has 12 rings (SSSR count). The molecule has 0 aliphatic rings. The standard InChI is InChI=1S/C62H43N3/c1-4-17-45(18-5-1)55-26-12-14-28-59(55)64(54-39-40-62-58(43-54)57-27-13-15-29-61(57)65(62)51-23-8-3-9-24-51)53-38-35-48-41-47(31-32-49(48)42-53)44-33-36-52(37-34-44)63(50-21-6-2-7-22-50)60-30-16-20-46-19-10-11-25-56(46)60/h1-43H/i33D,34D,36D,37D. The van der Waals surface area contributed by atoms with Crippen LogP contribution in [0, 0.1) is 0 Å². The van der Waals surface area contributed by atoms with Crippen LogP contribution in [0.4, 0.5) is 34.1 Å². The van der Waals surface area contributed by atoms with Gasteiger partial charge in [-0.2, -0.15) is 0 Å². The number of hydrogen-bond acceptors (Lipinski definition) is 2. The van der Waals surface area contributed by atoms with Crippen LogP contribution in [0.1, 0.15) is 5.48 Å². The molecule has 3 nitrogen and oxygen atoms in total. The number of para-hydroxylation sites is 4. The first-order chi connectivity index (χ1) is 33.9. The van der Waals surface area contributed by atoms with Crippen molar-refractivity contribution in [3.05, 3.63) is 261 Å². The van der Waals surface area contributed by atoms with E-state index in [0.29, 0.717) is 5.56 Å². The van der Waals surface area contributed by atoms with E-state index in [1.165, 1.54) is 5.39 Å². The number of benzene rings is 11. The highest BCUT2D eigenvalue weighted by atomic mass is 15.2. The summed E-state index contributed by atoms with van der Waals surface area (Å²) < 4.78 is 40.4. The number of anilines is 6. The van der Waals surface area contributed by atoms with Crippen LogP contribution < -0.4 is 9.80 Å². The summed E-state index contributed by atoms with van der Waals surface area (Å²) in [5.74, 6) is 0. The molecule has 11 aromatic carbocycles. The number of rotatable bonds is 9. The second kappa shape index (κ2) is 16.2. The van der Waals surface area contributed by atoms with Gasteiger partial charge >= 0.3 is 0 Å². The highest BCUT2D eigenvalue weighted by Crippen LogP contribution is 2.45. The maximum atomic E-state index is 9.54. The quantitative estimate of drug-likeness (QED) is 0.144. The first-order valence-electron chi connectivity index (χ1n) is 23.9. The first kappa shape index (κ1) is 33.9. The number of hydrogen-bond donors (Lipinski definition) is 0. The van der Waals surface area contributed by atoms with Gasteiger partial charge in [-0.15, -0.1) is 0 Å². The predicted molar refractivity (Wildman–Crippen MR) is 276 cm³/mol. The molecule has 0 saturated heterocycles. The Hall–Kier alpha value is -8.66. The molecule has 0 amide bonds. The minimum atomic E-state index is -0.116. The van der Waals surface area contributed by atoms with Crippen LogP contribution in [-0.2, 0) is 0 Å². The third kappa shape index (κ3) is 6.87. The van der Waals surface area contributed by atoms with Crippen LogP contribution >= 0.6 is 0 Å². The Bertz CT molecular complexity index is 3870. The Balaban J connectivity index is 0.996. The maximum Gasteiger partial charge on any atom is 0.0645 e. The fourth-order valence-corrected chi connectivity index (χ4v) is 9.37. The fourth-order valence-electron chi connectivity index (χ4n) is 9.37. The molecule has 65 heavy (non-hydrogen) atoms. The van der Waals surface area contributed by atoms with Crippen LogP contribution in [0.2, 0.25) is 0 Å². The lowest BCUT2D eigenvalue weighted by atomic mass is 9.99. The van der Waals surface area contributed by atoms with Crippen LogP contribution in [0.3, 0.4) is 0 Å². The zero-order chi connectivity index (χ0) is 46.6. The molecule has 306 valence electrons. The molecule has 0 N–H and O–H groups in total. The van der Waals surface area contributed by atoms with E-state index >= 15 is 0 Å². The summed E-state index contributed by atoms with van der Waals surface area (Å²) in [6.45, 7) is 0. The maximum absolute atomic E-state index is 9.54. The molecule has 1 aromatic heterocycles. The molecule has 0 unspecified atom stereocenters. The highest BCUT2D eigenvalue weighted by Gasteiger charge is 2.21. The molecular formula is C62H43N3. The van der Waals surface area contributed by atoms with Gasteiger partial charge in [0.25, 0.3) is 0 Å². The van der Waals surface area contributed by atoms with Gasteiger partial charge < -0.3 is 14.4 Å². The van der Waals surface area contributed by atoms with E-state index in [0.717, 1.165) is 83.2 Å². The minimum Gasteiger partial charge on any atom is -0.310 e. The monoisotopic (exact) mass is 833 g/mol. The van der Waals surface area contributed by atoms with Gasteiger partial charge in [-0.05, 0) is 124 Å². The SMILES string of the molecule is [2H]c1c([2H])c(N(c2ccccc2)c2cccc3ccccc23)c([2H])c([2H])c1-c1ccc2cc(N(c3ccc4c(c3)c3ccccc3n4-c3ccccc3)c3ccccc3-c3ccccc3)ccc2c1. The van der Waals surface area contributed by atoms with Crippen LogP contribution in [0.5, 0.6) is 0 Å². The van der Waals surface area contributed by atoms with Gasteiger partial charge in [0.05, 0.1) is 27.9 Å². The van der Waals surface area contributed by atoms with E-state index in [1.54, 1.807) is 0 Å². The molecule has 12 aromatic rings. The lowest BCUT2D eigenvalue weighted by Crippen LogP contribution is -2.11. The molecule has 0 fully saturated rings. The fraction of sp³-hybridized carbons (Fsp3) is 0. The predicted octanol–water partition coefficient (Wildman–Crippen LogP) is 17.4. The minimum absolute atomic E-state index is 0.101. The number of nitrogens with zero attached hydrogens (tertiary/aromatic N) is 3.